The van der Waals surface area contributed by atoms with Crippen molar-refractivity contribution in [3.05, 3.63) is 0 Å². The Morgan fingerprint density at radius 3 is 2.41 bits per heavy atom. The van der Waals surface area contributed by atoms with Crippen LogP contribution >= 0.6 is 0 Å². The molecule has 5 N–H and O–H groups in total. The standard InChI is InChI=1S/C9H17N3O5/c1-5(2)8(10)9(16)11-3-6(13)12-17-4-7(14)15/h5,8H,3-4,10H2,1-2H3,(H,11,16)(H,12,13)(H,14,15)/t8-/m0/s1. The van der Waals surface area contributed by atoms with E-state index in [1.807, 2.05) is 5.48 Å². The lowest BCUT2D eigenvalue weighted by Gasteiger charge is -2.14. The lowest BCUT2D eigenvalue weighted by Crippen LogP contribution is -2.47. The summed E-state index contributed by atoms with van der Waals surface area (Å²) in [6.45, 7) is 2.59. The van der Waals surface area contributed by atoms with Gasteiger partial charge in [-0.3, -0.25) is 14.4 Å². The molecule has 0 aromatic rings. The van der Waals surface area contributed by atoms with Crippen molar-refractivity contribution in [3.8, 4) is 0 Å². The van der Waals surface area contributed by atoms with Crippen LogP contribution in [0.3, 0.4) is 0 Å². The minimum atomic E-state index is -1.21. The number of carbonyl (C=O) groups is 3. The normalized spacial score (nSPS) is 12.0. The van der Waals surface area contributed by atoms with Crippen LogP contribution in [-0.4, -0.2) is 42.1 Å². The molecule has 0 aromatic carbocycles. The summed E-state index contributed by atoms with van der Waals surface area (Å²) in [4.78, 5) is 36.7. The SMILES string of the molecule is CC(C)[C@H](N)C(=O)NCC(=O)NOCC(=O)O. The number of hydroxylamine groups is 1. The highest BCUT2D eigenvalue weighted by Crippen LogP contribution is 1.97. The van der Waals surface area contributed by atoms with Crippen molar-refractivity contribution < 1.29 is 24.3 Å². The molecule has 8 heteroatoms. The third-order valence-corrected chi connectivity index (χ3v) is 1.83. The van der Waals surface area contributed by atoms with Gasteiger partial charge in [-0.1, -0.05) is 13.8 Å². The highest BCUT2D eigenvalue weighted by atomic mass is 16.7. The van der Waals surface area contributed by atoms with Gasteiger partial charge in [-0.2, -0.15) is 0 Å². The van der Waals surface area contributed by atoms with Gasteiger partial charge >= 0.3 is 5.97 Å². The minimum absolute atomic E-state index is 0.0404. The number of nitrogens with two attached hydrogens (primary N) is 1. The molecule has 0 heterocycles. The Morgan fingerprint density at radius 1 is 1.35 bits per heavy atom. The van der Waals surface area contributed by atoms with Crippen LogP contribution in [0.25, 0.3) is 0 Å². The fourth-order valence-electron chi connectivity index (χ4n) is 0.802. The third kappa shape index (κ3) is 7.25. The fourth-order valence-corrected chi connectivity index (χ4v) is 0.802. The average molecular weight is 247 g/mol. The highest BCUT2D eigenvalue weighted by Gasteiger charge is 2.17. The monoisotopic (exact) mass is 247 g/mol. The van der Waals surface area contributed by atoms with Crippen LogP contribution in [0.5, 0.6) is 0 Å². The molecule has 0 saturated heterocycles. The van der Waals surface area contributed by atoms with E-state index >= 15 is 0 Å². The van der Waals surface area contributed by atoms with Gasteiger partial charge in [0.15, 0.2) is 6.61 Å². The first-order valence-electron chi connectivity index (χ1n) is 5.00. The lowest BCUT2D eigenvalue weighted by molar-refractivity contribution is -0.149. The molecule has 0 bridgehead atoms. The second-order valence-electron chi connectivity index (χ2n) is 3.70. The number of hydrogen-bond acceptors (Lipinski definition) is 5. The van der Waals surface area contributed by atoms with E-state index in [1.165, 1.54) is 0 Å². The van der Waals surface area contributed by atoms with Crippen molar-refractivity contribution in [1.29, 1.82) is 0 Å². The summed E-state index contributed by atoms with van der Waals surface area (Å²) in [5.74, 6) is -2.36. The number of amides is 2. The molecule has 17 heavy (non-hydrogen) atoms. The Labute approximate surface area is 98.4 Å². The molecule has 8 nitrogen and oxygen atoms in total. The van der Waals surface area contributed by atoms with Crippen molar-refractivity contribution in [2.75, 3.05) is 13.2 Å². The van der Waals surface area contributed by atoms with Crippen LogP contribution in [0.1, 0.15) is 13.8 Å². The minimum Gasteiger partial charge on any atom is -0.479 e. The Balaban J connectivity index is 3.77. The molecule has 0 rings (SSSR count). The molecule has 2 amide bonds. The first-order valence-corrected chi connectivity index (χ1v) is 5.00. The number of rotatable bonds is 7. The summed E-state index contributed by atoms with van der Waals surface area (Å²) >= 11 is 0. The van der Waals surface area contributed by atoms with Gasteiger partial charge in [0.2, 0.25) is 5.91 Å². The second-order valence-corrected chi connectivity index (χ2v) is 3.70. The molecule has 0 saturated carbocycles. The zero-order chi connectivity index (χ0) is 13.4. The molecule has 0 spiro atoms. The lowest BCUT2D eigenvalue weighted by atomic mass is 10.1. The van der Waals surface area contributed by atoms with Gasteiger partial charge in [0.1, 0.15) is 0 Å². The molecule has 0 aliphatic carbocycles. The Kier molecular flexibility index (Phi) is 6.83. The van der Waals surface area contributed by atoms with Crippen LogP contribution in [0.2, 0.25) is 0 Å². The van der Waals surface area contributed by atoms with E-state index in [9.17, 15) is 14.4 Å². The van der Waals surface area contributed by atoms with Crippen molar-refractivity contribution in [2.45, 2.75) is 19.9 Å². The van der Waals surface area contributed by atoms with Crippen molar-refractivity contribution in [1.82, 2.24) is 10.8 Å². The molecular weight excluding hydrogens is 230 g/mol. The van der Waals surface area contributed by atoms with E-state index < -0.39 is 30.4 Å². The number of carboxylic acid groups (broad SMARTS) is 1. The molecule has 0 fully saturated rings. The Hall–Kier alpha value is -1.67. The number of nitrogens with one attached hydrogen (secondary N) is 2. The topological polar surface area (TPSA) is 131 Å². The van der Waals surface area contributed by atoms with Crippen LogP contribution in [0, 0.1) is 5.92 Å². The fraction of sp³-hybridized carbons (Fsp3) is 0.667. The quantitative estimate of drug-likeness (QED) is 0.393. The van der Waals surface area contributed by atoms with Gasteiger partial charge in [-0.15, -0.1) is 0 Å². The largest absolute Gasteiger partial charge is 0.479 e. The molecular formula is C9H17N3O5. The summed E-state index contributed by atoms with van der Waals surface area (Å²) in [5.41, 5.74) is 7.40. The van der Waals surface area contributed by atoms with E-state index in [2.05, 4.69) is 10.2 Å². The van der Waals surface area contributed by atoms with Gasteiger partial charge in [0.05, 0.1) is 12.6 Å². The van der Waals surface area contributed by atoms with Crippen LogP contribution in [-0.2, 0) is 19.2 Å². The maximum atomic E-state index is 11.3. The van der Waals surface area contributed by atoms with Crippen LogP contribution < -0.4 is 16.5 Å². The van der Waals surface area contributed by atoms with Gasteiger partial charge in [-0.25, -0.2) is 10.3 Å². The molecule has 98 valence electrons. The van der Waals surface area contributed by atoms with E-state index in [1.54, 1.807) is 13.8 Å². The van der Waals surface area contributed by atoms with E-state index in [0.717, 1.165) is 0 Å². The van der Waals surface area contributed by atoms with Crippen molar-refractivity contribution in [3.63, 3.8) is 0 Å². The molecule has 0 radical (unpaired) electrons. The molecule has 0 aromatic heterocycles. The summed E-state index contributed by atoms with van der Waals surface area (Å²) in [7, 11) is 0. The molecule has 0 unspecified atom stereocenters. The zero-order valence-electron chi connectivity index (χ0n) is 9.73. The summed E-state index contributed by atoms with van der Waals surface area (Å²) in [6, 6.07) is -0.692. The summed E-state index contributed by atoms with van der Waals surface area (Å²) in [6.07, 6.45) is 0. The molecule has 0 aliphatic heterocycles. The Morgan fingerprint density at radius 2 is 1.94 bits per heavy atom. The zero-order valence-corrected chi connectivity index (χ0v) is 9.73. The summed E-state index contributed by atoms with van der Waals surface area (Å²) in [5, 5.41) is 10.5. The van der Waals surface area contributed by atoms with E-state index in [-0.39, 0.29) is 12.5 Å². The van der Waals surface area contributed by atoms with E-state index in [4.69, 9.17) is 10.8 Å². The van der Waals surface area contributed by atoms with Gasteiger partial charge in [-0.05, 0) is 5.92 Å². The highest BCUT2D eigenvalue weighted by molar-refractivity contribution is 5.87. The number of carboxylic acids is 1. The van der Waals surface area contributed by atoms with Crippen LogP contribution in [0.15, 0.2) is 0 Å². The maximum absolute atomic E-state index is 11.3. The van der Waals surface area contributed by atoms with Gasteiger partial charge in [0.25, 0.3) is 5.91 Å². The Bertz CT molecular complexity index is 292. The van der Waals surface area contributed by atoms with Gasteiger partial charge < -0.3 is 16.2 Å². The first kappa shape index (κ1) is 15.3. The van der Waals surface area contributed by atoms with Gasteiger partial charge in [0, 0.05) is 0 Å². The van der Waals surface area contributed by atoms with E-state index in [0.29, 0.717) is 0 Å². The van der Waals surface area contributed by atoms with Crippen molar-refractivity contribution in [2.24, 2.45) is 11.7 Å². The smallest absolute Gasteiger partial charge is 0.332 e. The van der Waals surface area contributed by atoms with Crippen molar-refractivity contribution >= 4 is 17.8 Å². The number of aliphatic carboxylic acids is 1. The number of carbonyl (C=O) groups excluding carboxylic acids is 2. The predicted octanol–water partition coefficient (Wildman–Crippen LogP) is -1.78. The predicted molar refractivity (Wildman–Crippen MR) is 57.6 cm³/mol. The third-order valence-electron chi connectivity index (χ3n) is 1.83. The second kappa shape index (κ2) is 7.58. The first-order chi connectivity index (χ1) is 7.84. The summed E-state index contributed by atoms with van der Waals surface area (Å²) < 4.78 is 0. The molecule has 1 atom stereocenters. The molecule has 0 aliphatic rings. The maximum Gasteiger partial charge on any atom is 0.332 e. The average Bonchev–Trinajstić information content (AvgIpc) is 2.24. The van der Waals surface area contributed by atoms with Crippen LogP contribution in [0.4, 0.5) is 0 Å². The number of hydrogen-bond donors (Lipinski definition) is 4.